The first kappa shape index (κ1) is 13.6. The summed E-state index contributed by atoms with van der Waals surface area (Å²) in [7, 11) is 0. The molecule has 1 heterocycles. The number of hydrogen-bond acceptors (Lipinski definition) is 2. The minimum absolute atomic E-state index is 0.134. The molecule has 18 heavy (non-hydrogen) atoms. The zero-order valence-corrected chi connectivity index (χ0v) is 12.5. The van der Waals surface area contributed by atoms with Crippen LogP contribution >= 0.6 is 15.9 Å². The van der Waals surface area contributed by atoms with Crippen molar-refractivity contribution < 1.29 is 4.79 Å². The summed E-state index contributed by atoms with van der Waals surface area (Å²) in [5, 5.41) is 3.22. The molecule has 4 heteroatoms. The van der Waals surface area contributed by atoms with Crippen LogP contribution in [0, 0.1) is 6.92 Å². The molecule has 2 rings (SSSR count). The predicted molar refractivity (Wildman–Crippen MR) is 76.9 cm³/mol. The maximum atomic E-state index is 12.6. The molecule has 0 saturated carbocycles. The van der Waals surface area contributed by atoms with E-state index in [9.17, 15) is 4.79 Å². The molecule has 0 spiro atoms. The lowest BCUT2D eigenvalue weighted by molar-refractivity contribution is 0.0615. The van der Waals surface area contributed by atoms with E-state index in [1.165, 1.54) is 0 Å². The summed E-state index contributed by atoms with van der Waals surface area (Å²) in [4.78, 5) is 14.6. The minimum atomic E-state index is 0.134. The first-order valence-electron chi connectivity index (χ1n) is 6.41. The summed E-state index contributed by atoms with van der Waals surface area (Å²) in [6.07, 6.45) is 0.992. The molecule has 1 aliphatic rings. The summed E-state index contributed by atoms with van der Waals surface area (Å²) in [5.41, 5.74) is 1.92. The summed E-state index contributed by atoms with van der Waals surface area (Å²) >= 11 is 3.49. The Morgan fingerprint density at radius 1 is 1.50 bits per heavy atom. The summed E-state index contributed by atoms with van der Waals surface area (Å²) in [6.45, 7) is 6.78. The van der Waals surface area contributed by atoms with E-state index >= 15 is 0 Å². The lowest BCUT2D eigenvalue weighted by Crippen LogP contribution is -2.59. The minimum Gasteiger partial charge on any atom is -0.333 e. The first-order valence-corrected chi connectivity index (χ1v) is 7.20. The Balaban J connectivity index is 2.21. The van der Waals surface area contributed by atoms with E-state index in [1.54, 1.807) is 0 Å². The number of rotatable bonds is 4. The highest BCUT2D eigenvalue weighted by molar-refractivity contribution is 9.10. The van der Waals surface area contributed by atoms with E-state index in [0.29, 0.717) is 6.04 Å². The van der Waals surface area contributed by atoms with Gasteiger partial charge in [0.1, 0.15) is 0 Å². The number of nitrogens with zero attached hydrogens (tertiary/aromatic N) is 1. The maximum Gasteiger partial charge on any atom is 0.255 e. The van der Waals surface area contributed by atoms with Crippen molar-refractivity contribution in [3.8, 4) is 0 Å². The van der Waals surface area contributed by atoms with Gasteiger partial charge < -0.3 is 10.2 Å². The normalized spacial score (nSPS) is 15.3. The van der Waals surface area contributed by atoms with Crippen molar-refractivity contribution in [2.75, 3.05) is 19.6 Å². The highest BCUT2D eigenvalue weighted by Gasteiger charge is 2.29. The quantitative estimate of drug-likeness (QED) is 0.927. The molecular weight excluding hydrogens is 292 g/mol. The smallest absolute Gasteiger partial charge is 0.255 e. The number of aryl methyl sites for hydroxylation is 1. The number of hydrogen-bond donors (Lipinski definition) is 1. The maximum absolute atomic E-state index is 12.6. The van der Waals surface area contributed by atoms with Gasteiger partial charge in [-0.1, -0.05) is 13.0 Å². The average Bonchev–Trinajstić information content (AvgIpc) is 2.25. The average molecular weight is 311 g/mol. The Kier molecular flexibility index (Phi) is 4.40. The molecule has 0 atom stereocenters. The number of halogens is 1. The third-order valence-corrected chi connectivity index (χ3v) is 3.94. The molecule has 1 N–H and O–H groups in total. The highest BCUT2D eigenvalue weighted by Crippen LogP contribution is 2.21. The Morgan fingerprint density at radius 2 is 2.22 bits per heavy atom. The largest absolute Gasteiger partial charge is 0.333 e. The molecule has 0 unspecified atom stereocenters. The Labute approximate surface area is 117 Å². The van der Waals surface area contributed by atoms with Crippen LogP contribution in [0.2, 0.25) is 0 Å². The van der Waals surface area contributed by atoms with Crippen molar-refractivity contribution in [2.24, 2.45) is 0 Å². The molecule has 3 nitrogen and oxygen atoms in total. The summed E-state index contributed by atoms with van der Waals surface area (Å²) < 4.78 is 0.890. The van der Waals surface area contributed by atoms with E-state index in [4.69, 9.17) is 0 Å². The number of carbonyl (C=O) groups excluding carboxylic acids is 1. The number of nitrogens with one attached hydrogen (secondary N) is 1. The van der Waals surface area contributed by atoms with Crippen LogP contribution in [0.25, 0.3) is 0 Å². The fourth-order valence-electron chi connectivity index (χ4n) is 2.13. The van der Waals surface area contributed by atoms with Crippen LogP contribution in [-0.2, 0) is 0 Å². The predicted octanol–water partition coefficient (Wildman–Crippen LogP) is 2.58. The summed E-state index contributed by atoms with van der Waals surface area (Å²) in [5.74, 6) is 0.134. The summed E-state index contributed by atoms with van der Waals surface area (Å²) in [6, 6.07) is 6.25. The lowest BCUT2D eigenvalue weighted by Gasteiger charge is -2.38. The SMILES string of the molecule is CCCN(C(=O)c1ccc(C)cc1Br)C1CNC1. The fraction of sp³-hybridized carbons (Fsp3) is 0.500. The van der Waals surface area contributed by atoms with Crippen LogP contribution in [0.5, 0.6) is 0 Å². The van der Waals surface area contributed by atoms with Gasteiger partial charge in [-0.05, 0) is 47.0 Å². The van der Waals surface area contributed by atoms with Crippen molar-refractivity contribution in [3.63, 3.8) is 0 Å². The van der Waals surface area contributed by atoms with Crippen molar-refractivity contribution in [1.82, 2.24) is 10.2 Å². The molecule has 1 fully saturated rings. The molecule has 0 aliphatic carbocycles. The van der Waals surface area contributed by atoms with Gasteiger partial charge in [0.2, 0.25) is 0 Å². The van der Waals surface area contributed by atoms with E-state index in [-0.39, 0.29) is 5.91 Å². The van der Waals surface area contributed by atoms with Crippen LogP contribution in [0.15, 0.2) is 22.7 Å². The highest BCUT2D eigenvalue weighted by atomic mass is 79.9. The molecule has 1 aromatic carbocycles. The van der Waals surface area contributed by atoms with Crippen molar-refractivity contribution in [3.05, 3.63) is 33.8 Å². The standard InChI is InChI=1S/C14H19BrN2O/c1-3-6-17(11-8-16-9-11)14(18)12-5-4-10(2)7-13(12)15/h4-5,7,11,16H,3,6,8-9H2,1-2H3. The van der Waals surface area contributed by atoms with Crippen LogP contribution < -0.4 is 5.32 Å². The van der Waals surface area contributed by atoms with E-state index in [0.717, 1.165) is 41.7 Å². The molecule has 98 valence electrons. The molecule has 1 aromatic rings. The van der Waals surface area contributed by atoms with Crippen molar-refractivity contribution in [1.29, 1.82) is 0 Å². The van der Waals surface area contributed by atoms with Crippen LogP contribution in [-0.4, -0.2) is 36.5 Å². The molecular formula is C14H19BrN2O. The number of amides is 1. The molecule has 1 saturated heterocycles. The Bertz CT molecular complexity index is 443. The van der Waals surface area contributed by atoms with Gasteiger partial charge in [-0.25, -0.2) is 0 Å². The molecule has 1 amide bonds. The zero-order valence-electron chi connectivity index (χ0n) is 10.9. The first-order chi connectivity index (χ1) is 8.63. The van der Waals surface area contributed by atoms with Gasteiger partial charge in [0, 0.05) is 24.1 Å². The van der Waals surface area contributed by atoms with Gasteiger partial charge in [-0.3, -0.25) is 4.79 Å². The monoisotopic (exact) mass is 310 g/mol. The van der Waals surface area contributed by atoms with E-state index in [1.807, 2.05) is 30.0 Å². The van der Waals surface area contributed by atoms with Crippen LogP contribution in [0.3, 0.4) is 0 Å². The van der Waals surface area contributed by atoms with Gasteiger partial charge in [0.25, 0.3) is 5.91 Å². The molecule has 0 radical (unpaired) electrons. The van der Waals surface area contributed by atoms with Crippen molar-refractivity contribution >= 4 is 21.8 Å². The van der Waals surface area contributed by atoms with Crippen molar-refractivity contribution in [2.45, 2.75) is 26.3 Å². The Morgan fingerprint density at radius 3 is 2.72 bits per heavy atom. The van der Waals surface area contributed by atoms with Crippen LogP contribution in [0.4, 0.5) is 0 Å². The topological polar surface area (TPSA) is 32.3 Å². The second-order valence-corrected chi connectivity index (χ2v) is 5.65. The van der Waals surface area contributed by atoms with Gasteiger partial charge in [0.05, 0.1) is 11.6 Å². The third-order valence-electron chi connectivity index (χ3n) is 3.28. The second kappa shape index (κ2) is 5.85. The Hall–Kier alpha value is -0.870. The van der Waals surface area contributed by atoms with Gasteiger partial charge in [0.15, 0.2) is 0 Å². The molecule has 0 bridgehead atoms. The fourth-order valence-corrected chi connectivity index (χ4v) is 2.80. The lowest BCUT2D eigenvalue weighted by atomic mass is 10.1. The molecule has 1 aliphatic heterocycles. The van der Waals surface area contributed by atoms with E-state index in [2.05, 4.69) is 28.2 Å². The second-order valence-electron chi connectivity index (χ2n) is 4.79. The van der Waals surface area contributed by atoms with Gasteiger partial charge >= 0.3 is 0 Å². The number of carbonyl (C=O) groups is 1. The third kappa shape index (κ3) is 2.75. The van der Waals surface area contributed by atoms with E-state index < -0.39 is 0 Å². The number of benzene rings is 1. The van der Waals surface area contributed by atoms with Gasteiger partial charge in [-0.15, -0.1) is 0 Å². The molecule has 0 aromatic heterocycles. The zero-order chi connectivity index (χ0) is 13.1. The van der Waals surface area contributed by atoms with Gasteiger partial charge in [-0.2, -0.15) is 0 Å². The van der Waals surface area contributed by atoms with Crippen LogP contribution in [0.1, 0.15) is 29.3 Å².